The lowest BCUT2D eigenvalue weighted by Crippen LogP contribution is -2.22. The van der Waals surface area contributed by atoms with Crippen molar-refractivity contribution < 1.29 is 0 Å². The van der Waals surface area contributed by atoms with Crippen LogP contribution in [0.5, 0.6) is 0 Å². The summed E-state index contributed by atoms with van der Waals surface area (Å²) in [5, 5.41) is 0.571. The first-order valence-corrected chi connectivity index (χ1v) is 9.13. The summed E-state index contributed by atoms with van der Waals surface area (Å²) in [6, 6.07) is 12.1. The van der Waals surface area contributed by atoms with E-state index in [1.54, 1.807) is 6.07 Å². The standard InChI is InChI=1S/C18H17Br2N3O/c1-11-3-5-12(6-4-11)9-23(2)10-16-21-17-14(18(24)22-16)7-13(19)8-15(17)20/h3-8H,9-10H2,1-2H3,(H,21,22,24). The zero-order valence-corrected chi connectivity index (χ0v) is 16.6. The predicted molar refractivity (Wildman–Crippen MR) is 104 cm³/mol. The van der Waals surface area contributed by atoms with E-state index in [1.165, 1.54) is 11.1 Å². The van der Waals surface area contributed by atoms with Gasteiger partial charge in [-0.2, -0.15) is 0 Å². The maximum absolute atomic E-state index is 12.3. The van der Waals surface area contributed by atoms with Gasteiger partial charge in [0.2, 0.25) is 0 Å². The van der Waals surface area contributed by atoms with Gasteiger partial charge in [-0.25, -0.2) is 4.98 Å². The third-order valence-electron chi connectivity index (χ3n) is 3.77. The maximum Gasteiger partial charge on any atom is 0.258 e. The molecule has 0 radical (unpaired) electrons. The summed E-state index contributed by atoms with van der Waals surface area (Å²) in [5.74, 6) is 0.658. The zero-order valence-electron chi connectivity index (χ0n) is 13.4. The molecule has 1 aromatic heterocycles. The second-order valence-electron chi connectivity index (χ2n) is 5.95. The molecule has 0 unspecified atom stereocenters. The monoisotopic (exact) mass is 449 g/mol. The van der Waals surface area contributed by atoms with Gasteiger partial charge < -0.3 is 4.98 Å². The molecule has 3 aromatic rings. The molecule has 124 valence electrons. The Bertz CT molecular complexity index is 935. The van der Waals surface area contributed by atoms with Gasteiger partial charge in [0.05, 0.1) is 17.4 Å². The van der Waals surface area contributed by atoms with Gasteiger partial charge in [0.15, 0.2) is 0 Å². The summed E-state index contributed by atoms with van der Waals surface area (Å²) in [4.78, 5) is 21.9. The summed E-state index contributed by atoms with van der Waals surface area (Å²) >= 11 is 6.88. The van der Waals surface area contributed by atoms with Gasteiger partial charge in [0.25, 0.3) is 5.56 Å². The van der Waals surface area contributed by atoms with E-state index in [4.69, 9.17) is 0 Å². The molecule has 3 rings (SSSR count). The zero-order chi connectivity index (χ0) is 17.3. The normalized spacial score (nSPS) is 11.4. The Morgan fingerprint density at radius 2 is 1.83 bits per heavy atom. The van der Waals surface area contributed by atoms with Crippen LogP contribution in [0.15, 0.2) is 50.1 Å². The van der Waals surface area contributed by atoms with Crippen molar-refractivity contribution >= 4 is 42.8 Å². The van der Waals surface area contributed by atoms with Crippen molar-refractivity contribution in [2.75, 3.05) is 7.05 Å². The highest BCUT2D eigenvalue weighted by Gasteiger charge is 2.10. The third-order valence-corrected chi connectivity index (χ3v) is 4.83. The van der Waals surface area contributed by atoms with Gasteiger partial charge in [0.1, 0.15) is 5.82 Å². The molecule has 0 amide bonds. The van der Waals surface area contributed by atoms with Gasteiger partial charge >= 0.3 is 0 Å². The number of H-pyrrole nitrogens is 1. The summed E-state index contributed by atoms with van der Waals surface area (Å²) in [5.41, 5.74) is 3.04. The molecule has 0 fully saturated rings. The molecule has 1 N–H and O–H groups in total. The fourth-order valence-corrected chi connectivity index (χ4v) is 3.92. The molecular weight excluding hydrogens is 434 g/mol. The van der Waals surface area contributed by atoms with Gasteiger partial charge in [-0.3, -0.25) is 9.69 Å². The number of rotatable bonds is 4. The number of aryl methyl sites for hydroxylation is 1. The Kier molecular flexibility index (Phi) is 5.18. The highest BCUT2D eigenvalue weighted by Crippen LogP contribution is 2.25. The second kappa shape index (κ2) is 7.17. The van der Waals surface area contributed by atoms with Crippen molar-refractivity contribution in [3.63, 3.8) is 0 Å². The smallest absolute Gasteiger partial charge is 0.258 e. The van der Waals surface area contributed by atoms with Crippen LogP contribution in [0.1, 0.15) is 17.0 Å². The molecule has 2 aromatic carbocycles. The fraction of sp³-hybridized carbons (Fsp3) is 0.222. The molecule has 0 saturated heterocycles. The predicted octanol–water partition coefficient (Wildman–Crippen LogP) is 4.39. The van der Waals surface area contributed by atoms with E-state index in [1.807, 2.05) is 13.1 Å². The summed E-state index contributed by atoms with van der Waals surface area (Å²) in [6.45, 7) is 3.44. The van der Waals surface area contributed by atoms with Crippen molar-refractivity contribution in [1.82, 2.24) is 14.9 Å². The van der Waals surface area contributed by atoms with Gasteiger partial charge in [-0.15, -0.1) is 0 Å². The first-order valence-electron chi connectivity index (χ1n) is 7.54. The summed E-state index contributed by atoms with van der Waals surface area (Å²) in [7, 11) is 2.01. The Hall–Kier alpha value is -1.50. The number of hydrogen-bond acceptors (Lipinski definition) is 3. The van der Waals surface area contributed by atoms with Gasteiger partial charge in [-0.1, -0.05) is 45.8 Å². The van der Waals surface area contributed by atoms with E-state index in [0.717, 1.165) is 15.5 Å². The van der Waals surface area contributed by atoms with Crippen LogP contribution < -0.4 is 5.56 Å². The topological polar surface area (TPSA) is 49.0 Å². The molecule has 24 heavy (non-hydrogen) atoms. The summed E-state index contributed by atoms with van der Waals surface area (Å²) in [6.07, 6.45) is 0. The molecule has 0 aliphatic carbocycles. The van der Waals surface area contributed by atoms with Crippen LogP contribution in [0.3, 0.4) is 0 Å². The van der Waals surface area contributed by atoms with E-state index < -0.39 is 0 Å². The average Bonchev–Trinajstić information content (AvgIpc) is 2.51. The highest BCUT2D eigenvalue weighted by atomic mass is 79.9. The quantitative estimate of drug-likeness (QED) is 0.641. The van der Waals surface area contributed by atoms with Crippen LogP contribution in [0.4, 0.5) is 0 Å². The molecule has 4 nitrogen and oxygen atoms in total. The molecule has 0 aliphatic heterocycles. The minimum atomic E-state index is -0.124. The maximum atomic E-state index is 12.3. The number of aromatic nitrogens is 2. The van der Waals surface area contributed by atoms with Crippen LogP contribution in [0, 0.1) is 6.92 Å². The number of nitrogens with one attached hydrogen (secondary N) is 1. The van der Waals surface area contributed by atoms with Gasteiger partial charge in [-0.05, 0) is 47.6 Å². The largest absolute Gasteiger partial charge is 0.309 e. The Morgan fingerprint density at radius 3 is 2.54 bits per heavy atom. The van der Waals surface area contributed by atoms with Crippen molar-refractivity contribution in [2.24, 2.45) is 0 Å². The number of aromatic amines is 1. The molecule has 0 aliphatic rings. The van der Waals surface area contributed by atoms with Crippen LogP contribution in [0.25, 0.3) is 10.9 Å². The Balaban J connectivity index is 1.84. The lowest BCUT2D eigenvalue weighted by atomic mass is 10.1. The Labute approximate surface area is 157 Å². The van der Waals surface area contributed by atoms with E-state index in [2.05, 4.69) is 77.9 Å². The van der Waals surface area contributed by atoms with Gasteiger partial charge in [0, 0.05) is 15.5 Å². The third kappa shape index (κ3) is 3.94. The first-order chi connectivity index (χ1) is 11.4. The molecule has 0 bridgehead atoms. The molecule has 1 heterocycles. The lowest BCUT2D eigenvalue weighted by molar-refractivity contribution is 0.310. The van der Waals surface area contributed by atoms with Crippen molar-refractivity contribution in [1.29, 1.82) is 0 Å². The molecule has 0 atom stereocenters. The molecule has 6 heteroatoms. The number of hydrogen-bond donors (Lipinski definition) is 1. The number of halogens is 2. The number of benzene rings is 2. The molecule has 0 spiro atoms. The van der Waals surface area contributed by atoms with Crippen LogP contribution in [0.2, 0.25) is 0 Å². The molecular formula is C18H17Br2N3O. The van der Waals surface area contributed by atoms with Crippen molar-refractivity contribution in [2.45, 2.75) is 20.0 Å². The minimum absolute atomic E-state index is 0.124. The van der Waals surface area contributed by atoms with Crippen LogP contribution >= 0.6 is 31.9 Å². The fourth-order valence-electron chi connectivity index (χ4n) is 2.61. The first kappa shape index (κ1) is 17.3. The number of nitrogens with zero attached hydrogens (tertiary/aromatic N) is 2. The second-order valence-corrected chi connectivity index (χ2v) is 7.72. The molecule has 0 saturated carbocycles. The SMILES string of the molecule is Cc1ccc(CN(C)Cc2nc3c(Br)cc(Br)cc3c(=O)[nH]2)cc1. The minimum Gasteiger partial charge on any atom is -0.309 e. The van der Waals surface area contributed by atoms with E-state index in [0.29, 0.717) is 23.3 Å². The van der Waals surface area contributed by atoms with Crippen molar-refractivity contribution in [3.05, 3.63) is 72.6 Å². The van der Waals surface area contributed by atoms with Crippen molar-refractivity contribution in [3.8, 4) is 0 Å². The highest BCUT2D eigenvalue weighted by molar-refractivity contribution is 9.11. The van der Waals surface area contributed by atoms with E-state index in [9.17, 15) is 4.79 Å². The summed E-state index contributed by atoms with van der Waals surface area (Å²) < 4.78 is 1.65. The van der Waals surface area contributed by atoms with E-state index >= 15 is 0 Å². The Morgan fingerprint density at radius 1 is 1.12 bits per heavy atom. The van der Waals surface area contributed by atoms with Crippen LogP contribution in [-0.4, -0.2) is 21.9 Å². The van der Waals surface area contributed by atoms with E-state index in [-0.39, 0.29) is 5.56 Å². The average molecular weight is 451 g/mol. The number of fused-ring (bicyclic) bond motifs is 1. The van der Waals surface area contributed by atoms with Crippen LogP contribution in [-0.2, 0) is 13.1 Å². The lowest BCUT2D eigenvalue weighted by Gasteiger charge is -2.16.